The summed E-state index contributed by atoms with van der Waals surface area (Å²) >= 11 is 0. The molecule has 0 aromatic heterocycles. The Morgan fingerprint density at radius 2 is 1.53 bits per heavy atom. The molecule has 32 heavy (non-hydrogen) atoms. The van der Waals surface area contributed by atoms with Crippen molar-refractivity contribution in [2.75, 3.05) is 35.6 Å². The fourth-order valence-electron chi connectivity index (χ4n) is 3.36. The highest BCUT2D eigenvalue weighted by atomic mass is 19.1. The van der Waals surface area contributed by atoms with Gasteiger partial charge in [0, 0.05) is 36.7 Å². The second-order valence-electron chi connectivity index (χ2n) is 7.41. The van der Waals surface area contributed by atoms with E-state index in [1.54, 1.807) is 35.2 Å². The minimum absolute atomic E-state index is 0.0725. The number of likely N-dealkylation sites (tertiary alicyclic amines) is 1. The molecule has 5 amide bonds. The van der Waals surface area contributed by atoms with E-state index < -0.39 is 6.03 Å². The van der Waals surface area contributed by atoms with Gasteiger partial charge in [-0.05, 0) is 61.4 Å². The number of anilines is 3. The van der Waals surface area contributed by atoms with Crippen LogP contribution in [0.15, 0.2) is 61.2 Å². The van der Waals surface area contributed by atoms with Gasteiger partial charge in [0.15, 0.2) is 0 Å². The van der Waals surface area contributed by atoms with E-state index in [-0.39, 0.29) is 23.7 Å². The number of benzene rings is 2. The maximum absolute atomic E-state index is 12.9. The summed E-state index contributed by atoms with van der Waals surface area (Å²) in [5.41, 5.74) is 1.56. The third-order valence-corrected chi connectivity index (χ3v) is 5.00. The fourth-order valence-corrected chi connectivity index (χ4v) is 3.36. The van der Waals surface area contributed by atoms with E-state index in [4.69, 9.17) is 0 Å². The van der Waals surface area contributed by atoms with Crippen LogP contribution in [0.4, 0.5) is 31.0 Å². The van der Waals surface area contributed by atoms with Crippen molar-refractivity contribution in [2.45, 2.75) is 12.8 Å². The molecular formula is C23H26FN5O3. The lowest BCUT2D eigenvalue weighted by Crippen LogP contribution is -2.46. The second-order valence-corrected chi connectivity index (χ2v) is 7.41. The van der Waals surface area contributed by atoms with E-state index in [9.17, 15) is 18.8 Å². The molecule has 3 rings (SSSR count). The lowest BCUT2D eigenvalue weighted by Gasteiger charge is -2.32. The molecular weight excluding hydrogens is 413 g/mol. The molecule has 9 heteroatoms. The Balaban J connectivity index is 1.49. The zero-order valence-corrected chi connectivity index (χ0v) is 17.6. The Morgan fingerprint density at radius 3 is 2.12 bits per heavy atom. The molecule has 1 aliphatic heterocycles. The van der Waals surface area contributed by atoms with Crippen molar-refractivity contribution in [2.24, 2.45) is 5.92 Å². The topological polar surface area (TPSA) is 103 Å². The van der Waals surface area contributed by atoms with Gasteiger partial charge in [-0.25, -0.2) is 14.0 Å². The van der Waals surface area contributed by atoms with Gasteiger partial charge in [0.25, 0.3) is 0 Å². The smallest absolute Gasteiger partial charge is 0.323 e. The van der Waals surface area contributed by atoms with Crippen molar-refractivity contribution in [1.29, 1.82) is 0 Å². The lowest BCUT2D eigenvalue weighted by molar-refractivity contribution is -0.126. The molecule has 2 aromatic carbocycles. The summed E-state index contributed by atoms with van der Waals surface area (Å²) in [6.45, 7) is 4.93. The monoisotopic (exact) mass is 439 g/mol. The van der Waals surface area contributed by atoms with E-state index in [0.717, 1.165) is 12.8 Å². The van der Waals surface area contributed by atoms with Gasteiger partial charge in [-0.1, -0.05) is 6.08 Å². The van der Waals surface area contributed by atoms with Crippen molar-refractivity contribution in [1.82, 2.24) is 10.2 Å². The lowest BCUT2D eigenvalue weighted by atomic mass is 9.97. The summed E-state index contributed by atoms with van der Waals surface area (Å²) in [5, 5.41) is 10.9. The molecule has 2 aromatic rings. The number of nitrogens with zero attached hydrogens (tertiary/aromatic N) is 1. The number of piperidine rings is 1. The normalized spacial score (nSPS) is 15.4. The fraction of sp³-hybridized carbons (Fsp3) is 0.261. The number of halogens is 1. The van der Waals surface area contributed by atoms with Crippen LogP contribution in [0.3, 0.4) is 0 Å². The standard InChI is InChI=1S/C23H26FN5O3/c1-2-13-25-21(30)16-4-3-14-29(15-16)23(32)28-20-11-9-19(10-12-20)27-22(31)26-18-7-5-17(24)6-8-18/h2,5-12,16H,1,3-4,13-15H2,(H,25,30)(H,28,32)(H2,26,27,31)/t16-/m0/s1. The largest absolute Gasteiger partial charge is 0.352 e. The van der Waals surface area contributed by atoms with Gasteiger partial charge in [-0.15, -0.1) is 6.58 Å². The molecule has 0 bridgehead atoms. The van der Waals surface area contributed by atoms with E-state index in [2.05, 4.69) is 27.8 Å². The second kappa shape index (κ2) is 10.9. The van der Waals surface area contributed by atoms with Gasteiger partial charge in [0.2, 0.25) is 5.91 Å². The average Bonchev–Trinajstić information content (AvgIpc) is 2.80. The maximum Gasteiger partial charge on any atom is 0.323 e. The van der Waals surface area contributed by atoms with E-state index >= 15 is 0 Å². The summed E-state index contributed by atoms with van der Waals surface area (Å²) in [4.78, 5) is 38.5. The van der Waals surface area contributed by atoms with Crippen LogP contribution in [-0.2, 0) is 4.79 Å². The van der Waals surface area contributed by atoms with Gasteiger partial charge >= 0.3 is 12.1 Å². The van der Waals surface area contributed by atoms with Gasteiger partial charge in [0.1, 0.15) is 5.82 Å². The molecule has 0 saturated carbocycles. The average molecular weight is 439 g/mol. The number of amides is 5. The Bertz CT molecular complexity index is 963. The molecule has 1 heterocycles. The molecule has 4 N–H and O–H groups in total. The van der Waals surface area contributed by atoms with Crippen LogP contribution >= 0.6 is 0 Å². The SMILES string of the molecule is C=CCNC(=O)[C@H]1CCCN(C(=O)Nc2ccc(NC(=O)Nc3ccc(F)cc3)cc2)C1. The molecule has 1 saturated heterocycles. The third kappa shape index (κ3) is 6.56. The number of urea groups is 2. The molecule has 0 unspecified atom stereocenters. The highest BCUT2D eigenvalue weighted by Gasteiger charge is 2.28. The van der Waals surface area contributed by atoms with Crippen LogP contribution < -0.4 is 21.3 Å². The number of nitrogens with one attached hydrogen (secondary N) is 4. The number of hydrogen-bond acceptors (Lipinski definition) is 3. The minimum atomic E-state index is -0.470. The Kier molecular flexibility index (Phi) is 7.80. The molecule has 0 radical (unpaired) electrons. The number of carbonyl (C=O) groups is 3. The van der Waals surface area contributed by atoms with Crippen molar-refractivity contribution in [3.63, 3.8) is 0 Å². The van der Waals surface area contributed by atoms with Crippen molar-refractivity contribution < 1.29 is 18.8 Å². The van der Waals surface area contributed by atoms with Gasteiger partial charge in [0.05, 0.1) is 5.92 Å². The van der Waals surface area contributed by atoms with Crippen molar-refractivity contribution >= 4 is 35.0 Å². The highest BCUT2D eigenvalue weighted by molar-refractivity contribution is 6.00. The van der Waals surface area contributed by atoms with E-state index in [0.29, 0.717) is 36.7 Å². The minimum Gasteiger partial charge on any atom is -0.352 e. The zero-order chi connectivity index (χ0) is 22.9. The summed E-state index contributed by atoms with van der Waals surface area (Å²) in [6, 6.07) is 11.3. The van der Waals surface area contributed by atoms with Gasteiger partial charge < -0.3 is 26.2 Å². The predicted octanol–water partition coefficient (Wildman–Crippen LogP) is 4.02. The Morgan fingerprint density at radius 1 is 0.969 bits per heavy atom. The summed E-state index contributed by atoms with van der Waals surface area (Å²) in [7, 11) is 0. The quantitative estimate of drug-likeness (QED) is 0.511. The van der Waals surface area contributed by atoms with Crippen LogP contribution in [0, 0.1) is 11.7 Å². The maximum atomic E-state index is 12.9. The summed E-state index contributed by atoms with van der Waals surface area (Å²) in [6.07, 6.45) is 3.12. The van der Waals surface area contributed by atoms with E-state index in [1.165, 1.54) is 24.3 Å². The van der Waals surface area contributed by atoms with Crippen LogP contribution in [0.5, 0.6) is 0 Å². The predicted molar refractivity (Wildman–Crippen MR) is 122 cm³/mol. The van der Waals surface area contributed by atoms with Crippen LogP contribution in [0.2, 0.25) is 0 Å². The molecule has 0 aliphatic carbocycles. The zero-order valence-electron chi connectivity index (χ0n) is 17.6. The first-order valence-electron chi connectivity index (χ1n) is 10.3. The van der Waals surface area contributed by atoms with E-state index in [1.807, 2.05) is 0 Å². The van der Waals surface area contributed by atoms with Crippen LogP contribution in [0.1, 0.15) is 12.8 Å². The van der Waals surface area contributed by atoms with Crippen LogP contribution in [-0.4, -0.2) is 42.5 Å². The Labute approximate surface area is 185 Å². The molecule has 1 aliphatic rings. The summed E-state index contributed by atoms with van der Waals surface area (Å²) < 4.78 is 12.9. The number of rotatable bonds is 6. The molecule has 1 atom stereocenters. The highest BCUT2D eigenvalue weighted by Crippen LogP contribution is 2.19. The number of carbonyl (C=O) groups excluding carboxylic acids is 3. The molecule has 8 nitrogen and oxygen atoms in total. The molecule has 0 spiro atoms. The van der Waals surface area contributed by atoms with Crippen molar-refractivity contribution in [3.8, 4) is 0 Å². The van der Waals surface area contributed by atoms with Gasteiger partial charge in [-0.3, -0.25) is 4.79 Å². The number of hydrogen-bond donors (Lipinski definition) is 4. The Hall–Kier alpha value is -3.88. The molecule has 168 valence electrons. The third-order valence-electron chi connectivity index (χ3n) is 5.00. The van der Waals surface area contributed by atoms with Gasteiger partial charge in [-0.2, -0.15) is 0 Å². The first kappa shape index (κ1) is 22.8. The molecule has 1 fully saturated rings. The first-order valence-corrected chi connectivity index (χ1v) is 10.3. The van der Waals surface area contributed by atoms with Crippen molar-refractivity contribution in [3.05, 3.63) is 67.0 Å². The summed E-state index contributed by atoms with van der Waals surface area (Å²) in [5.74, 6) is -0.693. The first-order chi connectivity index (χ1) is 15.4. The van der Waals surface area contributed by atoms with Crippen LogP contribution in [0.25, 0.3) is 0 Å².